The molecule has 0 radical (unpaired) electrons. The minimum atomic E-state index is -0.00354. The molecule has 0 unspecified atom stereocenters. The summed E-state index contributed by atoms with van der Waals surface area (Å²) in [5.74, 6) is 0.907. The summed E-state index contributed by atoms with van der Waals surface area (Å²) in [7, 11) is 0. The maximum Gasteiger partial charge on any atom is 0.253 e. The van der Waals surface area contributed by atoms with Crippen LogP contribution in [0.2, 0.25) is 0 Å². The SMILES string of the molecule is C[C@@H]1CCCCN1C(=O)[C@@H](C1CCCC1)N1CCN(C(=O)c2cccc(Br)c2)CC1. The third-order valence-electron chi connectivity index (χ3n) is 7.25. The standard InChI is InChI=1S/C24H34BrN3O2/c1-18-7-4-5-12-28(18)24(30)22(19-8-2-3-9-19)26-13-15-27(16-14-26)23(29)20-10-6-11-21(25)17-20/h6,10-11,17-19,22H,2-5,7-9,12-16H2,1H3/t18-,22-/m1/s1. The number of piperidine rings is 1. The summed E-state index contributed by atoms with van der Waals surface area (Å²) in [5, 5.41) is 0. The first-order valence-electron chi connectivity index (χ1n) is 11.6. The molecule has 0 N–H and O–H groups in total. The van der Waals surface area contributed by atoms with Crippen LogP contribution in [0.1, 0.15) is 62.2 Å². The number of amides is 2. The molecule has 0 aromatic heterocycles. The van der Waals surface area contributed by atoms with E-state index in [1.165, 1.54) is 19.3 Å². The maximum absolute atomic E-state index is 13.7. The normalized spacial score (nSPS) is 24.8. The van der Waals surface area contributed by atoms with E-state index in [-0.39, 0.29) is 11.9 Å². The molecule has 4 rings (SSSR count). The summed E-state index contributed by atoms with van der Waals surface area (Å²) in [5.41, 5.74) is 0.725. The van der Waals surface area contributed by atoms with Crippen LogP contribution >= 0.6 is 15.9 Å². The van der Waals surface area contributed by atoms with Gasteiger partial charge in [-0.3, -0.25) is 14.5 Å². The van der Waals surface area contributed by atoms with Crippen molar-refractivity contribution in [3.05, 3.63) is 34.3 Å². The number of likely N-dealkylation sites (tertiary alicyclic amines) is 1. The predicted octanol–water partition coefficient (Wildman–Crippen LogP) is 4.17. The Labute approximate surface area is 188 Å². The Morgan fingerprint density at radius 2 is 1.67 bits per heavy atom. The molecular weight excluding hydrogens is 442 g/mol. The molecule has 6 heteroatoms. The Morgan fingerprint density at radius 3 is 2.33 bits per heavy atom. The number of hydrogen-bond acceptors (Lipinski definition) is 3. The van der Waals surface area contributed by atoms with Gasteiger partial charge in [-0.2, -0.15) is 0 Å². The van der Waals surface area contributed by atoms with Crippen molar-refractivity contribution >= 4 is 27.7 Å². The van der Waals surface area contributed by atoms with Gasteiger partial charge in [0.05, 0.1) is 6.04 Å². The van der Waals surface area contributed by atoms with E-state index in [0.717, 1.165) is 55.4 Å². The lowest BCUT2D eigenvalue weighted by atomic mass is 9.92. The molecule has 1 saturated carbocycles. The van der Waals surface area contributed by atoms with Gasteiger partial charge in [-0.05, 0) is 63.1 Å². The monoisotopic (exact) mass is 475 g/mol. The zero-order valence-corrected chi connectivity index (χ0v) is 19.6. The zero-order valence-electron chi connectivity index (χ0n) is 18.1. The van der Waals surface area contributed by atoms with Gasteiger partial charge in [0.1, 0.15) is 0 Å². The first-order chi connectivity index (χ1) is 14.5. The quantitative estimate of drug-likeness (QED) is 0.656. The highest BCUT2D eigenvalue weighted by Gasteiger charge is 2.40. The van der Waals surface area contributed by atoms with Gasteiger partial charge in [-0.1, -0.05) is 34.8 Å². The molecule has 2 saturated heterocycles. The molecule has 2 heterocycles. The van der Waals surface area contributed by atoms with Crippen LogP contribution in [0.4, 0.5) is 0 Å². The summed E-state index contributed by atoms with van der Waals surface area (Å²) in [6.45, 7) is 6.07. The molecule has 30 heavy (non-hydrogen) atoms. The van der Waals surface area contributed by atoms with E-state index in [1.807, 2.05) is 29.2 Å². The van der Waals surface area contributed by atoms with Gasteiger partial charge in [0, 0.05) is 48.8 Å². The largest absolute Gasteiger partial charge is 0.339 e. The minimum absolute atomic E-state index is 0.00354. The van der Waals surface area contributed by atoms with Crippen molar-refractivity contribution in [2.45, 2.75) is 64.0 Å². The van der Waals surface area contributed by atoms with Gasteiger partial charge in [-0.25, -0.2) is 0 Å². The summed E-state index contributed by atoms with van der Waals surface area (Å²) < 4.78 is 0.925. The third kappa shape index (κ3) is 4.75. The molecule has 5 nitrogen and oxygen atoms in total. The van der Waals surface area contributed by atoms with E-state index in [2.05, 4.69) is 32.7 Å². The summed E-state index contributed by atoms with van der Waals surface area (Å²) in [6.07, 6.45) is 8.29. The Hall–Kier alpha value is -1.40. The third-order valence-corrected chi connectivity index (χ3v) is 7.75. The van der Waals surface area contributed by atoms with Crippen molar-refractivity contribution in [3.8, 4) is 0 Å². The second-order valence-corrected chi connectivity index (χ2v) is 10.1. The average molecular weight is 476 g/mol. The molecule has 2 atom stereocenters. The van der Waals surface area contributed by atoms with Crippen molar-refractivity contribution < 1.29 is 9.59 Å². The molecule has 3 fully saturated rings. The van der Waals surface area contributed by atoms with Crippen LogP contribution in [-0.4, -0.2) is 71.3 Å². The van der Waals surface area contributed by atoms with Gasteiger partial charge in [0.15, 0.2) is 0 Å². The first-order valence-corrected chi connectivity index (χ1v) is 12.4. The summed E-state index contributed by atoms with van der Waals surface area (Å²) in [4.78, 5) is 33.1. The zero-order chi connectivity index (χ0) is 21.1. The molecule has 2 amide bonds. The second kappa shape index (κ2) is 9.82. The fraction of sp³-hybridized carbons (Fsp3) is 0.667. The molecule has 1 aromatic rings. The number of halogens is 1. The van der Waals surface area contributed by atoms with Crippen LogP contribution in [0, 0.1) is 5.92 Å². The topological polar surface area (TPSA) is 43.9 Å². The van der Waals surface area contributed by atoms with Gasteiger partial charge >= 0.3 is 0 Å². The highest BCUT2D eigenvalue weighted by atomic mass is 79.9. The Bertz CT molecular complexity index is 757. The van der Waals surface area contributed by atoms with Crippen LogP contribution in [0.15, 0.2) is 28.7 Å². The molecule has 1 aliphatic carbocycles. The smallest absolute Gasteiger partial charge is 0.253 e. The summed E-state index contributed by atoms with van der Waals surface area (Å²) in [6, 6.07) is 7.96. The van der Waals surface area contributed by atoms with E-state index >= 15 is 0 Å². The molecule has 164 valence electrons. The van der Waals surface area contributed by atoms with Crippen LogP contribution in [0.5, 0.6) is 0 Å². The molecule has 2 aliphatic heterocycles. The number of carbonyl (C=O) groups excluding carboxylic acids is 2. The maximum atomic E-state index is 13.7. The van der Waals surface area contributed by atoms with Crippen LogP contribution < -0.4 is 0 Å². The van der Waals surface area contributed by atoms with E-state index in [1.54, 1.807) is 0 Å². The van der Waals surface area contributed by atoms with Gasteiger partial charge in [0.25, 0.3) is 5.91 Å². The molecular formula is C24H34BrN3O2. The molecule has 0 spiro atoms. The van der Waals surface area contributed by atoms with Gasteiger partial charge in [-0.15, -0.1) is 0 Å². The Kier molecular flexibility index (Phi) is 7.14. The van der Waals surface area contributed by atoms with E-state index in [4.69, 9.17) is 0 Å². The average Bonchev–Trinajstić information content (AvgIpc) is 3.28. The fourth-order valence-corrected chi connectivity index (χ4v) is 5.93. The van der Waals surface area contributed by atoms with Crippen molar-refractivity contribution in [1.82, 2.24) is 14.7 Å². The Morgan fingerprint density at radius 1 is 0.967 bits per heavy atom. The Balaban J connectivity index is 1.44. The van der Waals surface area contributed by atoms with Crippen molar-refractivity contribution in [2.24, 2.45) is 5.92 Å². The number of nitrogens with zero attached hydrogens (tertiary/aromatic N) is 3. The van der Waals surface area contributed by atoms with Crippen molar-refractivity contribution in [3.63, 3.8) is 0 Å². The minimum Gasteiger partial charge on any atom is -0.339 e. The molecule has 3 aliphatic rings. The highest BCUT2D eigenvalue weighted by molar-refractivity contribution is 9.10. The molecule has 1 aromatic carbocycles. The second-order valence-electron chi connectivity index (χ2n) is 9.20. The van der Waals surface area contributed by atoms with Gasteiger partial charge in [0.2, 0.25) is 5.91 Å². The van der Waals surface area contributed by atoms with E-state index < -0.39 is 0 Å². The number of rotatable bonds is 4. The van der Waals surface area contributed by atoms with E-state index in [0.29, 0.717) is 31.0 Å². The summed E-state index contributed by atoms with van der Waals surface area (Å²) >= 11 is 3.46. The lowest BCUT2D eigenvalue weighted by molar-refractivity contribution is -0.143. The number of carbonyl (C=O) groups is 2. The molecule has 0 bridgehead atoms. The van der Waals surface area contributed by atoms with Gasteiger partial charge < -0.3 is 9.80 Å². The lowest BCUT2D eigenvalue weighted by Gasteiger charge is -2.44. The van der Waals surface area contributed by atoms with Crippen LogP contribution in [-0.2, 0) is 4.79 Å². The number of piperazine rings is 1. The van der Waals surface area contributed by atoms with Crippen molar-refractivity contribution in [2.75, 3.05) is 32.7 Å². The number of benzene rings is 1. The van der Waals surface area contributed by atoms with Crippen LogP contribution in [0.3, 0.4) is 0 Å². The lowest BCUT2D eigenvalue weighted by Crippen LogP contribution is -2.60. The van der Waals surface area contributed by atoms with Crippen LogP contribution in [0.25, 0.3) is 0 Å². The fourth-order valence-electron chi connectivity index (χ4n) is 5.53. The predicted molar refractivity (Wildman–Crippen MR) is 122 cm³/mol. The van der Waals surface area contributed by atoms with E-state index in [9.17, 15) is 9.59 Å². The first kappa shape index (κ1) is 21.8. The number of hydrogen-bond donors (Lipinski definition) is 0. The highest BCUT2D eigenvalue weighted by Crippen LogP contribution is 2.33. The van der Waals surface area contributed by atoms with Crippen molar-refractivity contribution in [1.29, 1.82) is 0 Å².